The van der Waals surface area contributed by atoms with Crippen molar-refractivity contribution in [2.45, 2.75) is 103 Å². The third-order valence-corrected chi connectivity index (χ3v) is 8.89. The zero-order chi connectivity index (χ0) is 26.4. The summed E-state index contributed by atoms with van der Waals surface area (Å²) in [4.78, 5) is 26.2. The number of carbonyl (C=O) groups excluding carboxylic acids is 2. The lowest BCUT2D eigenvalue weighted by Gasteiger charge is -2.58. The van der Waals surface area contributed by atoms with Crippen molar-refractivity contribution in [3.63, 3.8) is 0 Å². The smallest absolute Gasteiger partial charge is 0.258 e. The summed E-state index contributed by atoms with van der Waals surface area (Å²) < 4.78 is 7.70. The van der Waals surface area contributed by atoms with Crippen LogP contribution in [0, 0.1) is 29.6 Å². The summed E-state index contributed by atoms with van der Waals surface area (Å²) in [6.07, 6.45) is 14.1. The number of nitrogens with one attached hydrogen (secondary N) is 2. The number of aromatic nitrogens is 2. The fourth-order valence-electron chi connectivity index (χ4n) is 7.35. The van der Waals surface area contributed by atoms with E-state index in [-0.39, 0.29) is 29.7 Å². The lowest BCUT2D eigenvalue weighted by atomic mass is 9.52. The number of amides is 2. The van der Waals surface area contributed by atoms with Gasteiger partial charge in [-0.2, -0.15) is 5.10 Å². The van der Waals surface area contributed by atoms with Gasteiger partial charge in [0.2, 0.25) is 11.8 Å². The summed E-state index contributed by atoms with van der Waals surface area (Å²) in [5.41, 5.74) is -0.672. The molecule has 0 aliphatic heterocycles. The Kier molecular flexibility index (Phi) is 7.16. The van der Waals surface area contributed by atoms with Crippen LogP contribution in [0.25, 0.3) is 6.20 Å². The van der Waals surface area contributed by atoms with Crippen LogP contribution in [-0.2, 0) is 4.79 Å². The van der Waals surface area contributed by atoms with E-state index in [1.165, 1.54) is 0 Å². The van der Waals surface area contributed by atoms with Crippen molar-refractivity contribution in [2.24, 2.45) is 29.6 Å². The Morgan fingerprint density at radius 1 is 1.22 bits per heavy atom. The number of nitrogens with zero attached hydrogens (tertiary/aromatic N) is 2. The predicted octanol–water partition coefficient (Wildman–Crippen LogP) is 4.14. The number of hydrogen-bond donors (Lipinski definition) is 3. The number of hydrogen-bond acceptors (Lipinski definition) is 5. The third-order valence-electron chi connectivity index (χ3n) is 8.89. The number of rotatable bonds is 9. The van der Waals surface area contributed by atoms with Crippen LogP contribution >= 0.6 is 0 Å². The van der Waals surface area contributed by atoms with Gasteiger partial charge in [-0.25, -0.2) is 4.68 Å². The number of aliphatic hydroxyl groups is 1. The molecule has 2 amide bonds. The highest BCUT2D eigenvalue weighted by Gasteiger charge is 2.55. The number of ether oxygens (including phenoxy) is 1. The van der Waals surface area contributed by atoms with Crippen LogP contribution in [0.15, 0.2) is 12.3 Å². The van der Waals surface area contributed by atoms with Crippen molar-refractivity contribution >= 4 is 18.0 Å². The molecule has 0 spiro atoms. The molecule has 0 radical (unpaired) electrons. The van der Waals surface area contributed by atoms with E-state index in [0.29, 0.717) is 35.8 Å². The Morgan fingerprint density at radius 3 is 2.51 bits per heavy atom. The maximum atomic E-state index is 13.5. The van der Waals surface area contributed by atoms with E-state index in [4.69, 9.17) is 4.74 Å². The van der Waals surface area contributed by atoms with Crippen LogP contribution in [-0.4, -0.2) is 50.5 Å². The Labute approximate surface area is 220 Å². The highest BCUT2D eigenvalue weighted by molar-refractivity contribution is 5.96. The van der Waals surface area contributed by atoms with Gasteiger partial charge in [-0.15, -0.1) is 0 Å². The maximum absolute atomic E-state index is 13.5. The van der Waals surface area contributed by atoms with Crippen LogP contribution in [0.5, 0.6) is 5.88 Å². The van der Waals surface area contributed by atoms with Crippen LogP contribution in [0.2, 0.25) is 0 Å². The van der Waals surface area contributed by atoms with Gasteiger partial charge in [0.25, 0.3) is 5.91 Å². The predicted molar refractivity (Wildman–Crippen MR) is 142 cm³/mol. The highest BCUT2D eigenvalue weighted by atomic mass is 16.5. The van der Waals surface area contributed by atoms with Gasteiger partial charge in [-0.3, -0.25) is 9.59 Å². The first-order valence-electron chi connectivity index (χ1n) is 14.3. The molecule has 2 unspecified atom stereocenters. The molecular formula is C29H44N4O4. The van der Waals surface area contributed by atoms with Crippen molar-refractivity contribution < 1.29 is 19.4 Å². The average Bonchev–Trinajstić information content (AvgIpc) is 3.47. The van der Waals surface area contributed by atoms with Gasteiger partial charge in [0, 0.05) is 18.2 Å². The molecular weight excluding hydrogens is 468 g/mol. The van der Waals surface area contributed by atoms with E-state index in [2.05, 4.69) is 29.6 Å². The van der Waals surface area contributed by atoms with E-state index < -0.39 is 11.1 Å². The van der Waals surface area contributed by atoms with Crippen molar-refractivity contribution in [1.82, 2.24) is 20.4 Å². The zero-order valence-electron chi connectivity index (χ0n) is 22.8. The third kappa shape index (κ3) is 5.74. The van der Waals surface area contributed by atoms with Gasteiger partial charge in [0.05, 0.1) is 23.9 Å². The van der Waals surface area contributed by atoms with Crippen LogP contribution in [0.4, 0.5) is 0 Å². The first-order chi connectivity index (χ1) is 17.5. The molecule has 5 aliphatic rings. The molecule has 5 fully saturated rings. The standard InChI is InChI=1S/C29H44N4O4/c1-18(2)17-37-27-23(26(35)31-24-21-11-19-12-22(24)15-29(36,13-19)14-21)16-30-33(27)10-9-28(3,4)32-25(34)20-7-5-6-8-20/h9-10,16,18-22,24,36H,5-8,11-15,17H2,1-4H3,(H,31,35)(H,32,34). The summed E-state index contributed by atoms with van der Waals surface area (Å²) in [7, 11) is 0. The van der Waals surface area contributed by atoms with Gasteiger partial charge in [0.1, 0.15) is 5.56 Å². The molecule has 8 heteroatoms. The second kappa shape index (κ2) is 10.1. The SMILES string of the molecule is CC(C)COc1c(C(=O)NC2C3CC4CC2CC(O)(C4)C3)cnn1C=CC(C)(C)NC(=O)C1CCCC1. The molecule has 1 aromatic heterocycles. The first-order valence-corrected chi connectivity index (χ1v) is 14.3. The van der Waals surface area contributed by atoms with Gasteiger partial charge in [0.15, 0.2) is 0 Å². The summed E-state index contributed by atoms with van der Waals surface area (Å²) in [6, 6.07) is 0.0888. The summed E-state index contributed by atoms with van der Waals surface area (Å²) in [5.74, 6) is 1.99. The molecule has 8 nitrogen and oxygen atoms in total. The first kappa shape index (κ1) is 26.3. The molecule has 0 aromatic carbocycles. The molecule has 6 rings (SSSR count). The Bertz CT molecular complexity index is 1020. The fraction of sp³-hybridized carbons (Fsp3) is 0.759. The molecule has 0 saturated heterocycles. The van der Waals surface area contributed by atoms with Crippen molar-refractivity contribution in [1.29, 1.82) is 0 Å². The highest BCUT2D eigenvalue weighted by Crippen LogP contribution is 2.55. The summed E-state index contributed by atoms with van der Waals surface area (Å²) >= 11 is 0. The molecule has 3 N–H and O–H groups in total. The largest absolute Gasteiger partial charge is 0.477 e. The Balaban J connectivity index is 1.30. The zero-order valence-corrected chi connectivity index (χ0v) is 22.8. The maximum Gasteiger partial charge on any atom is 0.258 e. The minimum atomic E-state index is -0.565. The molecule has 2 atom stereocenters. The molecule has 1 aromatic rings. The van der Waals surface area contributed by atoms with Gasteiger partial charge < -0.3 is 20.5 Å². The molecule has 5 saturated carbocycles. The van der Waals surface area contributed by atoms with E-state index in [1.54, 1.807) is 17.1 Å². The molecule has 204 valence electrons. The second-order valence-corrected chi connectivity index (χ2v) is 13.2. The quantitative estimate of drug-likeness (QED) is 0.461. The second-order valence-electron chi connectivity index (χ2n) is 13.2. The summed E-state index contributed by atoms with van der Waals surface area (Å²) in [5, 5.41) is 21.8. The van der Waals surface area contributed by atoms with Crippen molar-refractivity contribution in [3.8, 4) is 5.88 Å². The van der Waals surface area contributed by atoms with Crippen molar-refractivity contribution in [3.05, 3.63) is 17.8 Å². The summed E-state index contributed by atoms with van der Waals surface area (Å²) in [6.45, 7) is 8.52. The number of carbonyl (C=O) groups is 2. The van der Waals surface area contributed by atoms with Gasteiger partial charge in [-0.1, -0.05) is 26.7 Å². The van der Waals surface area contributed by atoms with Crippen LogP contribution in [0.1, 0.15) is 95.8 Å². The monoisotopic (exact) mass is 512 g/mol. The molecule has 37 heavy (non-hydrogen) atoms. The van der Waals surface area contributed by atoms with E-state index >= 15 is 0 Å². The molecule has 4 bridgehead atoms. The lowest BCUT2D eigenvalue weighted by Crippen LogP contribution is -2.61. The normalized spacial score (nSPS) is 31.4. The lowest BCUT2D eigenvalue weighted by molar-refractivity contribution is -0.137. The van der Waals surface area contributed by atoms with Crippen LogP contribution in [0.3, 0.4) is 0 Å². The Morgan fingerprint density at radius 2 is 1.89 bits per heavy atom. The Hall–Kier alpha value is -2.35. The minimum absolute atomic E-state index is 0.0888. The van der Waals surface area contributed by atoms with Crippen LogP contribution < -0.4 is 15.4 Å². The van der Waals surface area contributed by atoms with E-state index in [9.17, 15) is 14.7 Å². The van der Waals surface area contributed by atoms with E-state index in [0.717, 1.165) is 57.8 Å². The topological polar surface area (TPSA) is 105 Å². The fourth-order valence-corrected chi connectivity index (χ4v) is 7.35. The van der Waals surface area contributed by atoms with Crippen molar-refractivity contribution in [2.75, 3.05) is 6.61 Å². The van der Waals surface area contributed by atoms with Gasteiger partial charge >= 0.3 is 0 Å². The van der Waals surface area contributed by atoms with E-state index in [1.807, 2.05) is 19.9 Å². The molecule has 5 aliphatic carbocycles. The minimum Gasteiger partial charge on any atom is -0.477 e. The average molecular weight is 513 g/mol. The molecule has 1 heterocycles. The van der Waals surface area contributed by atoms with Gasteiger partial charge in [-0.05, 0) is 88.5 Å².